The predicted octanol–water partition coefficient (Wildman–Crippen LogP) is 2.44. The third-order valence-electron chi connectivity index (χ3n) is 2.02. The molecular weight excluding hydrogens is 195 g/mol. The second kappa shape index (κ2) is 5.49. The summed E-state index contributed by atoms with van der Waals surface area (Å²) in [6, 6.07) is 7.61. The summed E-state index contributed by atoms with van der Waals surface area (Å²) in [5, 5.41) is 0. The van der Waals surface area contributed by atoms with E-state index in [9.17, 15) is 9.18 Å². The van der Waals surface area contributed by atoms with Crippen molar-refractivity contribution in [3.05, 3.63) is 35.4 Å². The van der Waals surface area contributed by atoms with Gasteiger partial charge in [0.05, 0.1) is 6.42 Å². The highest BCUT2D eigenvalue weighted by atomic mass is 19.1. The molecule has 0 aliphatic carbocycles. The first-order valence-corrected chi connectivity index (χ1v) is 4.93. The molecule has 0 aromatic heterocycles. The van der Waals surface area contributed by atoms with Crippen LogP contribution in [0.1, 0.15) is 18.1 Å². The zero-order valence-corrected chi connectivity index (χ0v) is 9.00. The maximum Gasteiger partial charge on any atom is 0.310 e. The Balaban J connectivity index is 2.48. The topological polar surface area (TPSA) is 26.3 Å². The number of rotatable bonds is 4. The van der Waals surface area contributed by atoms with Crippen molar-refractivity contribution in [2.45, 2.75) is 26.4 Å². The Morgan fingerprint density at radius 2 is 2.00 bits per heavy atom. The summed E-state index contributed by atoms with van der Waals surface area (Å²) >= 11 is 0. The minimum absolute atomic E-state index is 0.199. The van der Waals surface area contributed by atoms with Gasteiger partial charge in [-0.2, -0.15) is 0 Å². The Hall–Kier alpha value is -1.38. The number of hydrogen-bond donors (Lipinski definition) is 0. The fourth-order valence-electron chi connectivity index (χ4n) is 1.17. The molecule has 3 heteroatoms. The van der Waals surface area contributed by atoms with Gasteiger partial charge in [0.25, 0.3) is 0 Å². The Bertz CT molecular complexity index is 319. The minimum Gasteiger partial charge on any atom is -0.460 e. The zero-order valence-electron chi connectivity index (χ0n) is 9.00. The molecule has 1 aromatic carbocycles. The summed E-state index contributed by atoms with van der Waals surface area (Å²) in [6.07, 6.45) is -0.451. The van der Waals surface area contributed by atoms with Crippen molar-refractivity contribution in [1.29, 1.82) is 0 Å². The molecule has 0 saturated heterocycles. The lowest BCUT2D eigenvalue weighted by atomic mass is 10.1. The van der Waals surface area contributed by atoms with E-state index >= 15 is 0 Å². The average Bonchev–Trinajstić information content (AvgIpc) is 2.21. The van der Waals surface area contributed by atoms with E-state index in [4.69, 9.17) is 4.74 Å². The number of carbonyl (C=O) groups is 1. The van der Waals surface area contributed by atoms with E-state index in [-0.39, 0.29) is 12.4 Å². The molecule has 0 unspecified atom stereocenters. The van der Waals surface area contributed by atoms with Crippen LogP contribution in [0.4, 0.5) is 4.39 Å². The van der Waals surface area contributed by atoms with E-state index in [0.717, 1.165) is 11.1 Å². The number of esters is 1. The van der Waals surface area contributed by atoms with Crippen molar-refractivity contribution < 1.29 is 13.9 Å². The van der Waals surface area contributed by atoms with Gasteiger partial charge in [-0.25, -0.2) is 4.39 Å². The largest absolute Gasteiger partial charge is 0.460 e. The molecule has 15 heavy (non-hydrogen) atoms. The Kier molecular flexibility index (Phi) is 4.28. The summed E-state index contributed by atoms with van der Waals surface area (Å²) in [6.45, 7) is 2.87. The smallest absolute Gasteiger partial charge is 0.310 e. The van der Waals surface area contributed by atoms with E-state index in [1.807, 2.05) is 31.2 Å². The molecule has 0 heterocycles. The van der Waals surface area contributed by atoms with Crippen LogP contribution in [0.25, 0.3) is 0 Å². The van der Waals surface area contributed by atoms with Crippen molar-refractivity contribution in [3.63, 3.8) is 0 Å². The molecule has 0 aliphatic heterocycles. The quantitative estimate of drug-likeness (QED) is 0.713. The van der Waals surface area contributed by atoms with E-state index in [1.54, 1.807) is 0 Å². The fraction of sp³-hybridized carbons (Fsp3) is 0.417. The molecule has 0 bridgehead atoms. The first kappa shape index (κ1) is 11.7. The van der Waals surface area contributed by atoms with Gasteiger partial charge in [0.15, 0.2) is 0 Å². The molecule has 0 N–H and O–H groups in total. The van der Waals surface area contributed by atoms with Gasteiger partial charge in [0.2, 0.25) is 0 Å². The standard InChI is InChI=1S/C12H15FO2/c1-9-3-5-11(6-4-9)7-12(14)15-10(2)8-13/h3-6,10H,7-8H2,1-2H3/t10-/m0/s1. The van der Waals surface area contributed by atoms with Crippen LogP contribution in [-0.4, -0.2) is 18.7 Å². The first-order chi connectivity index (χ1) is 7.11. The maximum atomic E-state index is 12.1. The number of carbonyl (C=O) groups excluding carboxylic acids is 1. The SMILES string of the molecule is Cc1ccc(CC(=O)O[C@@H](C)CF)cc1. The third-order valence-corrected chi connectivity index (χ3v) is 2.02. The highest BCUT2D eigenvalue weighted by Crippen LogP contribution is 2.05. The van der Waals surface area contributed by atoms with Crippen molar-refractivity contribution >= 4 is 5.97 Å². The Labute approximate surface area is 89.1 Å². The van der Waals surface area contributed by atoms with Gasteiger partial charge < -0.3 is 4.74 Å². The fourth-order valence-corrected chi connectivity index (χ4v) is 1.17. The van der Waals surface area contributed by atoms with E-state index in [0.29, 0.717) is 0 Å². The predicted molar refractivity (Wildman–Crippen MR) is 56.4 cm³/mol. The molecule has 1 rings (SSSR count). The lowest BCUT2D eigenvalue weighted by Crippen LogP contribution is -2.18. The lowest BCUT2D eigenvalue weighted by Gasteiger charge is -2.09. The molecule has 0 aliphatic rings. The molecule has 1 atom stereocenters. The summed E-state index contributed by atoms with van der Waals surface area (Å²) in [5.74, 6) is -0.385. The molecule has 1 aromatic rings. The Morgan fingerprint density at radius 3 is 2.53 bits per heavy atom. The van der Waals surface area contributed by atoms with Gasteiger partial charge in [-0.15, -0.1) is 0 Å². The highest BCUT2D eigenvalue weighted by Gasteiger charge is 2.09. The van der Waals surface area contributed by atoms with Crippen molar-refractivity contribution in [2.75, 3.05) is 6.67 Å². The molecule has 0 saturated carbocycles. The van der Waals surface area contributed by atoms with Crippen molar-refractivity contribution in [2.24, 2.45) is 0 Å². The molecule has 0 amide bonds. The van der Waals surface area contributed by atoms with Crippen LogP contribution < -0.4 is 0 Å². The second-order valence-corrected chi connectivity index (χ2v) is 3.62. The molecule has 0 spiro atoms. The van der Waals surface area contributed by atoms with Gasteiger partial charge in [0, 0.05) is 0 Å². The third kappa shape index (κ3) is 4.11. The number of aryl methyl sites for hydroxylation is 1. The molecule has 2 nitrogen and oxygen atoms in total. The van der Waals surface area contributed by atoms with E-state index in [1.165, 1.54) is 6.92 Å². The monoisotopic (exact) mass is 210 g/mol. The average molecular weight is 210 g/mol. The van der Waals surface area contributed by atoms with E-state index < -0.39 is 12.8 Å². The number of halogens is 1. The zero-order chi connectivity index (χ0) is 11.3. The number of ether oxygens (including phenoxy) is 1. The van der Waals surface area contributed by atoms with Gasteiger partial charge in [-0.1, -0.05) is 29.8 Å². The van der Waals surface area contributed by atoms with Crippen LogP contribution in [0, 0.1) is 6.92 Å². The summed E-state index contributed by atoms with van der Waals surface area (Å²) < 4.78 is 16.9. The summed E-state index contributed by atoms with van der Waals surface area (Å²) in [5.41, 5.74) is 2.03. The second-order valence-electron chi connectivity index (χ2n) is 3.62. The van der Waals surface area contributed by atoms with Gasteiger partial charge in [-0.3, -0.25) is 4.79 Å². The maximum absolute atomic E-state index is 12.1. The van der Waals surface area contributed by atoms with Gasteiger partial charge in [0.1, 0.15) is 12.8 Å². The normalized spacial score (nSPS) is 12.2. The molecule has 0 radical (unpaired) electrons. The summed E-state index contributed by atoms with van der Waals surface area (Å²) in [4.78, 5) is 11.3. The van der Waals surface area contributed by atoms with Crippen LogP contribution in [-0.2, 0) is 16.0 Å². The number of hydrogen-bond acceptors (Lipinski definition) is 2. The van der Waals surface area contributed by atoms with Crippen LogP contribution in [0.15, 0.2) is 24.3 Å². The number of benzene rings is 1. The molecular formula is C12H15FO2. The molecule has 82 valence electrons. The van der Waals surface area contributed by atoms with Gasteiger partial charge in [-0.05, 0) is 19.4 Å². The minimum atomic E-state index is -0.650. The highest BCUT2D eigenvalue weighted by molar-refractivity contribution is 5.72. The molecule has 0 fully saturated rings. The van der Waals surface area contributed by atoms with Crippen LogP contribution in [0.3, 0.4) is 0 Å². The Morgan fingerprint density at radius 1 is 1.40 bits per heavy atom. The van der Waals surface area contributed by atoms with Gasteiger partial charge >= 0.3 is 5.97 Å². The number of alkyl halides is 1. The van der Waals surface area contributed by atoms with Crippen LogP contribution >= 0.6 is 0 Å². The van der Waals surface area contributed by atoms with Crippen molar-refractivity contribution in [3.8, 4) is 0 Å². The van der Waals surface area contributed by atoms with Crippen molar-refractivity contribution in [1.82, 2.24) is 0 Å². The first-order valence-electron chi connectivity index (χ1n) is 4.93. The van der Waals surface area contributed by atoms with Crippen LogP contribution in [0.5, 0.6) is 0 Å². The van der Waals surface area contributed by atoms with E-state index in [2.05, 4.69) is 0 Å². The summed E-state index contributed by atoms with van der Waals surface area (Å²) in [7, 11) is 0. The lowest BCUT2D eigenvalue weighted by molar-refractivity contribution is -0.148. The van der Waals surface area contributed by atoms with Crippen LogP contribution in [0.2, 0.25) is 0 Å².